The van der Waals surface area contributed by atoms with E-state index in [1.165, 1.54) is 4.31 Å². The zero-order valence-electron chi connectivity index (χ0n) is 14.8. The number of nitrogens with one attached hydrogen (secondary N) is 1. The Morgan fingerprint density at radius 1 is 1.35 bits per heavy atom. The Balaban J connectivity index is 2.12. The van der Waals surface area contributed by atoms with E-state index >= 15 is 0 Å². The fourth-order valence-corrected chi connectivity index (χ4v) is 3.93. The third kappa shape index (κ3) is 4.12. The smallest absolute Gasteiger partial charge is 0.279 e. The lowest BCUT2D eigenvalue weighted by Gasteiger charge is -2.24. The van der Waals surface area contributed by atoms with Crippen molar-refractivity contribution in [3.8, 4) is 0 Å². The summed E-state index contributed by atoms with van der Waals surface area (Å²) in [6.07, 6.45) is 0. The van der Waals surface area contributed by atoms with Crippen LogP contribution in [0.3, 0.4) is 0 Å². The van der Waals surface area contributed by atoms with Crippen LogP contribution in [-0.2, 0) is 16.8 Å². The normalized spacial score (nSPS) is 23.3. The van der Waals surface area contributed by atoms with Crippen LogP contribution in [-0.4, -0.2) is 56.0 Å². The Kier molecular flexibility index (Phi) is 5.50. The molecule has 0 saturated carbocycles. The number of nitrogens with zero attached hydrogens (tertiary/aromatic N) is 3. The van der Waals surface area contributed by atoms with Gasteiger partial charge in [0, 0.05) is 45.3 Å². The monoisotopic (exact) mass is 344 g/mol. The van der Waals surface area contributed by atoms with Crippen LogP contribution in [0, 0.1) is 25.7 Å². The van der Waals surface area contributed by atoms with Gasteiger partial charge in [0.2, 0.25) is 0 Å². The SMILES string of the molecule is Cc1noc(C)c1CN1C[C@@H](NS(=O)(=O)N(C)C)[C@H](C(C)C)C1. The maximum absolute atomic E-state index is 12.2. The molecule has 1 fully saturated rings. The summed E-state index contributed by atoms with van der Waals surface area (Å²) in [5.74, 6) is 1.52. The molecule has 0 radical (unpaired) electrons. The third-order valence-electron chi connectivity index (χ3n) is 4.64. The van der Waals surface area contributed by atoms with Gasteiger partial charge < -0.3 is 4.52 Å². The Bertz CT molecular complexity index is 620. The number of hydrogen-bond acceptors (Lipinski definition) is 5. The average Bonchev–Trinajstić information content (AvgIpc) is 2.96. The van der Waals surface area contributed by atoms with Crippen molar-refractivity contribution in [1.29, 1.82) is 0 Å². The third-order valence-corrected chi connectivity index (χ3v) is 6.20. The molecule has 7 nitrogen and oxygen atoms in total. The molecule has 1 saturated heterocycles. The highest BCUT2D eigenvalue weighted by atomic mass is 32.2. The molecule has 2 heterocycles. The van der Waals surface area contributed by atoms with Gasteiger partial charge in [-0.15, -0.1) is 0 Å². The predicted octanol–water partition coefficient (Wildman–Crippen LogP) is 1.14. The van der Waals surface area contributed by atoms with E-state index in [1.54, 1.807) is 14.1 Å². The molecule has 0 spiro atoms. The highest BCUT2D eigenvalue weighted by molar-refractivity contribution is 7.87. The number of aryl methyl sites for hydroxylation is 2. The van der Waals surface area contributed by atoms with Gasteiger partial charge in [-0.2, -0.15) is 17.4 Å². The van der Waals surface area contributed by atoms with Crippen molar-refractivity contribution >= 4 is 10.2 Å². The van der Waals surface area contributed by atoms with Crippen LogP contribution in [0.2, 0.25) is 0 Å². The van der Waals surface area contributed by atoms with Crippen LogP contribution in [0.1, 0.15) is 30.9 Å². The van der Waals surface area contributed by atoms with Crippen molar-refractivity contribution in [3.05, 3.63) is 17.0 Å². The topological polar surface area (TPSA) is 78.7 Å². The molecule has 2 rings (SSSR count). The number of aromatic nitrogens is 1. The van der Waals surface area contributed by atoms with Gasteiger partial charge in [-0.25, -0.2) is 0 Å². The van der Waals surface area contributed by atoms with Gasteiger partial charge in [0.15, 0.2) is 0 Å². The second kappa shape index (κ2) is 6.88. The molecule has 0 bridgehead atoms. The van der Waals surface area contributed by atoms with E-state index in [0.29, 0.717) is 12.5 Å². The quantitative estimate of drug-likeness (QED) is 0.837. The molecule has 0 unspecified atom stereocenters. The van der Waals surface area contributed by atoms with Crippen molar-refractivity contribution in [3.63, 3.8) is 0 Å². The number of rotatable bonds is 6. The molecule has 1 aromatic heterocycles. The van der Waals surface area contributed by atoms with E-state index in [0.717, 1.165) is 30.1 Å². The van der Waals surface area contributed by atoms with Crippen LogP contribution >= 0.6 is 0 Å². The highest BCUT2D eigenvalue weighted by Gasteiger charge is 2.37. The molecule has 132 valence electrons. The van der Waals surface area contributed by atoms with Crippen molar-refractivity contribution in [2.75, 3.05) is 27.2 Å². The van der Waals surface area contributed by atoms with Gasteiger partial charge in [-0.05, 0) is 25.7 Å². The second-order valence-electron chi connectivity index (χ2n) is 6.92. The van der Waals surface area contributed by atoms with Crippen LogP contribution < -0.4 is 4.72 Å². The first-order valence-electron chi connectivity index (χ1n) is 7.95. The lowest BCUT2D eigenvalue weighted by Crippen LogP contribution is -2.46. The zero-order chi connectivity index (χ0) is 17.4. The van der Waals surface area contributed by atoms with Gasteiger partial charge in [-0.3, -0.25) is 4.90 Å². The largest absolute Gasteiger partial charge is 0.361 e. The van der Waals surface area contributed by atoms with Gasteiger partial charge in [0.05, 0.1) is 5.69 Å². The van der Waals surface area contributed by atoms with E-state index < -0.39 is 10.2 Å². The van der Waals surface area contributed by atoms with E-state index in [9.17, 15) is 8.42 Å². The summed E-state index contributed by atoms with van der Waals surface area (Å²) in [6, 6.07) is -0.0807. The Morgan fingerprint density at radius 3 is 2.48 bits per heavy atom. The summed E-state index contributed by atoms with van der Waals surface area (Å²) in [4.78, 5) is 2.28. The molecule has 1 aromatic rings. The average molecular weight is 344 g/mol. The van der Waals surface area contributed by atoms with E-state index in [-0.39, 0.29) is 12.0 Å². The van der Waals surface area contributed by atoms with Crippen molar-refractivity contribution in [2.45, 2.75) is 40.3 Å². The molecule has 0 amide bonds. The summed E-state index contributed by atoms with van der Waals surface area (Å²) >= 11 is 0. The first-order chi connectivity index (χ1) is 10.6. The second-order valence-corrected chi connectivity index (χ2v) is 8.83. The molecule has 1 N–H and O–H groups in total. The van der Waals surface area contributed by atoms with Crippen LogP contribution in [0.5, 0.6) is 0 Å². The summed E-state index contributed by atoms with van der Waals surface area (Å²) in [5.41, 5.74) is 2.00. The van der Waals surface area contributed by atoms with E-state index in [4.69, 9.17) is 4.52 Å². The van der Waals surface area contributed by atoms with Crippen LogP contribution in [0.25, 0.3) is 0 Å². The summed E-state index contributed by atoms with van der Waals surface area (Å²) < 4.78 is 33.6. The van der Waals surface area contributed by atoms with E-state index in [1.807, 2.05) is 13.8 Å². The molecule has 2 atom stereocenters. The van der Waals surface area contributed by atoms with E-state index in [2.05, 4.69) is 28.6 Å². The van der Waals surface area contributed by atoms with Gasteiger partial charge in [0.25, 0.3) is 10.2 Å². The molecule has 0 aliphatic carbocycles. The Morgan fingerprint density at radius 2 is 2.00 bits per heavy atom. The predicted molar refractivity (Wildman–Crippen MR) is 89.1 cm³/mol. The first kappa shape index (κ1) is 18.4. The lowest BCUT2D eigenvalue weighted by molar-refractivity contribution is 0.293. The first-order valence-corrected chi connectivity index (χ1v) is 9.39. The van der Waals surface area contributed by atoms with Crippen LogP contribution in [0.4, 0.5) is 0 Å². The maximum Gasteiger partial charge on any atom is 0.279 e. The summed E-state index contributed by atoms with van der Waals surface area (Å²) in [7, 11) is -0.334. The lowest BCUT2D eigenvalue weighted by atomic mass is 9.92. The van der Waals surface area contributed by atoms with Crippen molar-refractivity contribution in [2.24, 2.45) is 11.8 Å². The van der Waals surface area contributed by atoms with Crippen LogP contribution in [0.15, 0.2) is 4.52 Å². The van der Waals surface area contributed by atoms with Crippen molar-refractivity contribution in [1.82, 2.24) is 19.1 Å². The Hall–Kier alpha value is -0.960. The molecule has 0 aromatic carbocycles. The molecule has 1 aliphatic heterocycles. The van der Waals surface area contributed by atoms with Gasteiger partial charge in [-0.1, -0.05) is 19.0 Å². The van der Waals surface area contributed by atoms with Gasteiger partial charge >= 0.3 is 0 Å². The number of hydrogen-bond donors (Lipinski definition) is 1. The minimum atomic E-state index is -3.42. The zero-order valence-corrected chi connectivity index (χ0v) is 15.6. The minimum Gasteiger partial charge on any atom is -0.361 e. The highest BCUT2D eigenvalue weighted by Crippen LogP contribution is 2.27. The minimum absolute atomic E-state index is 0.0807. The standard InChI is InChI=1S/C15H28N4O3S/c1-10(2)13-7-19(8-14-11(3)16-22-12(14)4)9-15(13)17-23(20,21)18(5)6/h10,13,15,17H,7-9H2,1-6H3/t13-,15+/m0/s1. The fraction of sp³-hybridized carbons (Fsp3) is 0.800. The fourth-order valence-electron chi connectivity index (χ4n) is 3.09. The molecule has 8 heteroatoms. The summed E-state index contributed by atoms with van der Waals surface area (Å²) in [5, 5.41) is 3.99. The Labute approximate surface area is 139 Å². The molecular weight excluding hydrogens is 316 g/mol. The number of likely N-dealkylation sites (tertiary alicyclic amines) is 1. The van der Waals surface area contributed by atoms with Crippen molar-refractivity contribution < 1.29 is 12.9 Å². The maximum atomic E-state index is 12.2. The molecular formula is C15H28N4O3S. The van der Waals surface area contributed by atoms with Gasteiger partial charge in [0.1, 0.15) is 5.76 Å². The molecule has 1 aliphatic rings. The molecule has 23 heavy (non-hydrogen) atoms. The summed E-state index contributed by atoms with van der Waals surface area (Å²) in [6.45, 7) is 10.4.